The van der Waals surface area contributed by atoms with Crippen LogP contribution in [0.1, 0.15) is 162 Å². The van der Waals surface area contributed by atoms with E-state index < -0.39 is 30.0 Å². The number of anilines is 4. The lowest BCUT2D eigenvalue weighted by Crippen LogP contribution is -2.58. The number of nitrogens with zero attached hydrogens (tertiary/aromatic N) is 15. The quantitative estimate of drug-likeness (QED) is 0.0637. The minimum absolute atomic E-state index is 0.135. The van der Waals surface area contributed by atoms with Crippen LogP contribution in [0.15, 0.2) is 135 Å². The number of carbonyl (C=O) groups excluding carboxylic acids is 5. The molecule has 2 aliphatic carbocycles. The van der Waals surface area contributed by atoms with Crippen molar-refractivity contribution in [3.63, 3.8) is 0 Å². The predicted molar refractivity (Wildman–Crippen MR) is 396 cm³/mol. The third kappa shape index (κ3) is 14.1. The van der Waals surface area contributed by atoms with Crippen LogP contribution in [0.4, 0.5) is 45.6 Å². The van der Waals surface area contributed by atoms with E-state index in [-0.39, 0.29) is 83.8 Å². The molecule has 3 aromatic carbocycles. The number of hydrogen-bond donors (Lipinski definition) is 5. The van der Waals surface area contributed by atoms with Crippen molar-refractivity contribution in [2.75, 3.05) is 59.7 Å². The Labute approximate surface area is 615 Å². The van der Waals surface area contributed by atoms with Gasteiger partial charge in [-0.1, -0.05) is 36.4 Å². The fourth-order valence-corrected chi connectivity index (χ4v) is 18.6. The number of aliphatic hydroxyl groups is 1. The zero-order valence-electron chi connectivity index (χ0n) is 58.3. The van der Waals surface area contributed by atoms with Crippen molar-refractivity contribution in [2.24, 2.45) is 11.8 Å². The highest BCUT2D eigenvalue weighted by molar-refractivity contribution is 7.18. The molecule has 6 aliphatic rings. The van der Waals surface area contributed by atoms with Crippen molar-refractivity contribution in [3.8, 4) is 6.07 Å². The summed E-state index contributed by atoms with van der Waals surface area (Å²) in [6, 6.07) is 25.4. The number of aliphatic hydroxyl groups excluding tert-OH is 1. The molecule has 12 heterocycles. The number of halogens is 3. The van der Waals surface area contributed by atoms with Gasteiger partial charge >= 0.3 is 18.2 Å². The van der Waals surface area contributed by atoms with Gasteiger partial charge in [-0.05, 0) is 161 Å². The molecule has 0 spiro atoms. The molecule has 29 heteroatoms. The smallest absolute Gasteiger partial charge is 0.374 e. The third-order valence-corrected chi connectivity index (χ3v) is 24.1. The van der Waals surface area contributed by atoms with Crippen molar-refractivity contribution >= 4 is 112 Å². The van der Waals surface area contributed by atoms with Gasteiger partial charge < -0.3 is 21.1 Å². The van der Waals surface area contributed by atoms with Gasteiger partial charge in [-0.15, -0.1) is 11.3 Å². The second-order valence-electron chi connectivity index (χ2n) is 29.4. The van der Waals surface area contributed by atoms with Gasteiger partial charge in [0.25, 0.3) is 11.8 Å². The zero-order valence-corrected chi connectivity index (χ0v) is 59.1. The molecule has 5 N–H and O–H groups in total. The topological polar surface area (TPSA) is 303 Å². The molecule has 4 aliphatic heterocycles. The minimum Gasteiger partial charge on any atom is -0.374 e. The molecular formula is C78H76F3N19O6S. The summed E-state index contributed by atoms with van der Waals surface area (Å²) in [5.41, 5.74) is 5.38. The maximum Gasteiger partial charge on any atom is 0.433 e. The Morgan fingerprint density at radius 2 is 1.40 bits per heavy atom. The predicted octanol–water partition coefficient (Wildman–Crippen LogP) is 12.9. The first-order chi connectivity index (χ1) is 52.0. The Bertz CT molecular complexity index is 5360. The van der Waals surface area contributed by atoms with Gasteiger partial charge in [0.15, 0.2) is 5.65 Å². The van der Waals surface area contributed by atoms with Crippen LogP contribution in [0.3, 0.4) is 0 Å². The molecule has 546 valence electrons. The molecule has 7 amide bonds. The van der Waals surface area contributed by atoms with Crippen molar-refractivity contribution in [1.82, 2.24) is 69.7 Å². The number of urea groups is 2. The number of nitriles is 1. The Balaban J connectivity index is 0.647. The minimum atomic E-state index is -4.70. The molecule has 5 unspecified atom stereocenters. The fraction of sp³-hybridized carbons (Fsp3) is 0.385. The molecular weight excluding hydrogens is 1390 g/mol. The molecule has 107 heavy (non-hydrogen) atoms. The van der Waals surface area contributed by atoms with E-state index in [1.807, 2.05) is 30.6 Å². The maximum atomic E-state index is 13.6. The number of likely N-dealkylation sites (tertiary alicyclic amines) is 2. The van der Waals surface area contributed by atoms with Crippen LogP contribution in [0.25, 0.3) is 48.3 Å². The van der Waals surface area contributed by atoms with E-state index in [1.165, 1.54) is 40.3 Å². The average Bonchev–Trinajstić information content (AvgIpc) is 1.75. The lowest BCUT2D eigenvalue weighted by molar-refractivity contribution is -0.141. The normalized spacial score (nSPS) is 23.5. The highest BCUT2D eigenvalue weighted by Gasteiger charge is 2.44. The number of amides is 7. The number of hydrogen-bond acceptors (Lipinski definition) is 18. The summed E-state index contributed by atoms with van der Waals surface area (Å²) < 4.78 is 44.8. The van der Waals surface area contributed by atoms with Crippen molar-refractivity contribution in [2.45, 2.75) is 138 Å². The third-order valence-electron chi connectivity index (χ3n) is 22.9. The van der Waals surface area contributed by atoms with Gasteiger partial charge in [0.1, 0.15) is 35.1 Å². The number of nitrogens with one attached hydrogen (secondary N) is 4. The highest BCUT2D eigenvalue weighted by atomic mass is 32.1. The van der Waals surface area contributed by atoms with E-state index in [9.17, 15) is 47.5 Å². The monoisotopic (exact) mass is 1460 g/mol. The van der Waals surface area contributed by atoms with Crippen LogP contribution < -0.4 is 31.1 Å². The van der Waals surface area contributed by atoms with Crippen molar-refractivity contribution in [1.29, 1.82) is 5.26 Å². The molecule has 17 rings (SSSR count). The summed E-state index contributed by atoms with van der Waals surface area (Å²) in [7, 11) is 0. The lowest BCUT2D eigenvalue weighted by Gasteiger charge is -2.52. The number of carbonyl (C=O) groups is 5. The lowest BCUT2D eigenvalue weighted by atomic mass is 9.74. The van der Waals surface area contributed by atoms with Crippen LogP contribution >= 0.6 is 11.3 Å². The van der Waals surface area contributed by atoms with E-state index in [4.69, 9.17) is 15.1 Å². The molecule has 25 nitrogen and oxygen atoms in total. The van der Waals surface area contributed by atoms with Gasteiger partial charge in [-0.3, -0.25) is 53.9 Å². The van der Waals surface area contributed by atoms with Crippen LogP contribution in [-0.2, 0) is 11.0 Å². The summed E-state index contributed by atoms with van der Waals surface area (Å²) in [6.45, 7) is 4.24. The Morgan fingerprint density at radius 3 is 2.18 bits per heavy atom. The number of fused-ring (bicyclic) bond motifs is 5. The average molecular weight is 1460 g/mol. The van der Waals surface area contributed by atoms with Crippen LogP contribution in [0.5, 0.6) is 0 Å². The summed E-state index contributed by atoms with van der Waals surface area (Å²) in [5, 5.41) is 45.6. The highest BCUT2D eigenvalue weighted by Crippen LogP contribution is 2.47. The first-order valence-electron chi connectivity index (χ1n) is 36.7. The molecule has 6 fully saturated rings. The molecule has 4 saturated heterocycles. The molecule has 0 bridgehead atoms. The number of pyridine rings is 4. The summed E-state index contributed by atoms with van der Waals surface area (Å²) in [4.78, 5) is 101. The largest absolute Gasteiger partial charge is 0.433 e. The van der Waals surface area contributed by atoms with Gasteiger partial charge in [0.05, 0.1) is 74.7 Å². The van der Waals surface area contributed by atoms with Crippen LogP contribution in [0.2, 0.25) is 0 Å². The number of benzene rings is 3. The first-order valence-corrected chi connectivity index (χ1v) is 37.5. The first kappa shape index (κ1) is 69.1. The van der Waals surface area contributed by atoms with Gasteiger partial charge in [0.2, 0.25) is 5.91 Å². The number of alkyl halides is 3. The number of imide groups is 1. The number of piperidine rings is 2. The SMILES string of the molecule is N#Cc1cnc2c(C(=O)Nc3ccc4nn([C@H]5CC[C@H](CN6CCC(c7ccc8c(N9CCC(=O)NC9=O)cncc8c7)CC6C6CC(c7cccc8c(N9CCC(O)NC9=O)cncc78)CCN6C[C@H]6CC[C@H](c7nc8cnc(NC(=O)c9cccc(C(F)(F)F)n9)cc8s7)CC6)CC5)cc4c3)cnn2c1. The standard InChI is InChI=1S/C78H76F3N19O6S/c79-78(80,81)68-6-2-5-61(89-68)74(104)91-69-31-67-62(37-85-69)90-75(107-67)47-11-7-44(8-12-47)40-96-24-20-50(55-3-1-4-57-58(55)35-84-39-66(57)98-26-22-71(102)93-77(98)106)30-64(96)63-29-49(48-13-17-56-51(27-48)34-83-38-65(56)97-25-21-70(101)92-76(97)105)19-23-95(63)41-45-9-15-54(16-10-45)99-43-52-28-53(14-18-60(52)94-99)88-73(103)59-36-87-100-42-46(32-82)33-86-72(59)100/h1-6,13-14,17-18,27-28,31,33-39,42-45,47,49-50,54,63-64,71,102H,7-12,15-16,19-26,29-30,40-41H2,(H,88,103)(H,93,106)(H,85,91,104)(H,92,101,105)/t44-,45-,47-,49?,50?,54-,63?,64?,71?. The van der Waals surface area contributed by atoms with E-state index in [0.29, 0.717) is 58.6 Å². The van der Waals surface area contributed by atoms with Crippen molar-refractivity contribution in [3.05, 3.63) is 173 Å². The summed E-state index contributed by atoms with van der Waals surface area (Å²) in [5.74, 6) is 0.115. The van der Waals surface area contributed by atoms with Crippen molar-refractivity contribution < 1.29 is 42.3 Å². The summed E-state index contributed by atoms with van der Waals surface area (Å²) in [6.07, 6.45) is 21.8. The molecule has 2 saturated carbocycles. The Hall–Kier alpha value is -10.9. The van der Waals surface area contributed by atoms with Gasteiger partial charge in [0, 0.05) is 120 Å². The zero-order chi connectivity index (χ0) is 73.2. The molecule has 11 aromatic rings. The fourth-order valence-electron chi connectivity index (χ4n) is 17.5. The Kier molecular flexibility index (Phi) is 18.6. The van der Waals surface area contributed by atoms with E-state index in [0.717, 1.165) is 158 Å². The number of thiazole rings is 1. The van der Waals surface area contributed by atoms with E-state index in [2.05, 4.69) is 109 Å². The molecule has 0 radical (unpaired) electrons. The van der Waals surface area contributed by atoms with Crippen LogP contribution in [-0.4, -0.2) is 152 Å². The second kappa shape index (κ2) is 28.7. The number of aromatic nitrogens is 10. The summed E-state index contributed by atoms with van der Waals surface area (Å²) >= 11 is 1.56. The van der Waals surface area contributed by atoms with Crippen LogP contribution in [0, 0.1) is 23.2 Å². The molecule has 5 atom stereocenters. The maximum absolute atomic E-state index is 13.6. The van der Waals surface area contributed by atoms with Gasteiger partial charge in [-0.2, -0.15) is 28.6 Å². The number of rotatable bonds is 15. The van der Waals surface area contributed by atoms with Gasteiger partial charge in [-0.25, -0.2) is 34.0 Å². The van der Waals surface area contributed by atoms with E-state index in [1.54, 1.807) is 45.8 Å². The molecule has 8 aromatic heterocycles. The second-order valence-corrected chi connectivity index (χ2v) is 30.5. The van der Waals surface area contributed by atoms with E-state index >= 15 is 0 Å². The Morgan fingerprint density at radius 1 is 0.654 bits per heavy atom.